The second-order valence-corrected chi connectivity index (χ2v) is 30.6. The highest BCUT2D eigenvalue weighted by Gasteiger charge is 2.30. The zero-order valence-corrected chi connectivity index (χ0v) is 68.6. The van der Waals surface area contributed by atoms with Crippen LogP contribution >= 0.6 is 15.6 Å². The molecule has 0 amide bonds. The van der Waals surface area contributed by atoms with Crippen molar-refractivity contribution >= 4 is 39.5 Å². The molecule has 19 heteroatoms. The summed E-state index contributed by atoms with van der Waals surface area (Å²) in [6, 6.07) is 0. The maximum atomic E-state index is 13.1. The summed E-state index contributed by atoms with van der Waals surface area (Å²) < 4.78 is 68.6. The average molecular weight is 1530 g/mol. The molecule has 3 N–H and O–H groups in total. The maximum absolute atomic E-state index is 13.1. The van der Waals surface area contributed by atoms with Gasteiger partial charge in [-0.3, -0.25) is 37.3 Å². The van der Waals surface area contributed by atoms with E-state index in [2.05, 4.69) is 137 Å². The van der Waals surface area contributed by atoms with Gasteiger partial charge in [0.2, 0.25) is 0 Å². The second kappa shape index (κ2) is 78.6. The Morgan fingerprint density at radius 2 is 0.509 bits per heavy atom. The number of allylic oxidation sites excluding steroid dienone is 20. The van der Waals surface area contributed by atoms with Crippen molar-refractivity contribution in [2.24, 2.45) is 0 Å². The minimum absolute atomic E-state index is 0.0384. The molecule has 0 saturated carbocycles. The van der Waals surface area contributed by atoms with Crippen molar-refractivity contribution < 1.29 is 80.2 Å². The normalized spacial score (nSPS) is 14.4. The maximum Gasteiger partial charge on any atom is 0.472 e. The van der Waals surface area contributed by atoms with E-state index < -0.39 is 97.5 Å². The van der Waals surface area contributed by atoms with Crippen LogP contribution < -0.4 is 0 Å². The molecular weight excluding hydrogens is 1380 g/mol. The molecule has 0 rings (SSSR count). The fraction of sp³-hybridized carbons (Fsp3) is 0.724. The van der Waals surface area contributed by atoms with Crippen LogP contribution in [-0.2, 0) is 65.4 Å². The summed E-state index contributed by atoms with van der Waals surface area (Å²) in [4.78, 5) is 73.1. The largest absolute Gasteiger partial charge is 0.472 e. The zero-order valence-electron chi connectivity index (χ0n) is 66.8. The molecule has 0 aliphatic rings. The molecule has 0 aromatic carbocycles. The zero-order chi connectivity index (χ0) is 77.4. The SMILES string of the molecule is CC/C=C\C/C=C\C/C=C\C/C=C\C/C=C\CCCCCC(=O)OC[C@H](COP(=O)(O)OC[C@@H](O)COP(=O)(O)OC[C@@H](COC(=O)CC/C=C\C/C=C\C/C=C\C/C=C\C/C=C\CCCCC)OC(=O)CCCCCCCCCCCCCCC)OC(=O)CCCCCCCCCCCCCCCCC. The number of ether oxygens (including phenoxy) is 4. The van der Waals surface area contributed by atoms with Crippen molar-refractivity contribution in [2.45, 2.75) is 367 Å². The van der Waals surface area contributed by atoms with Crippen molar-refractivity contribution in [1.29, 1.82) is 0 Å². The molecule has 0 bridgehead atoms. The van der Waals surface area contributed by atoms with Crippen LogP contribution in [0.25, 0.3) is 0 Å². The summed E-state index contributed by atoms with van der Waals surface area (Å²) in [6.45, 7) is 4.66. The number of phosphoric ester groups is 2. The molecule has 0 radical (unpaired) electrons. The standard InChI is InChI=1S/C87H150O17P2/c1-5-9-13-17-21-25-29-33-36-38-40-42-45-48-51-55-59-63-67-71-84(89)97-77-82(103-86(91)73-69-65-61-57-53-47-32-28-24-20-16-12-8-4)79-101-105(93,94)99-75-81(88)76-100-106(95,96)102-80-83(104-87(92)74-70-66-62-58-54-50-44-35-31-27-23-19-15-11-7-3)78-98-85(90)72-68-64-60-56-52-49-46-43-41-39-37-34-30-26-22-18-14-10-6-2/h10,14,21-22,25-26,33-34,36-37,40-43,48-49,51-52,59,63,81-83,88H,5-9,11-13,15-20,23-24,27-32,35,38-39,44-47,50,53-58,60-62,64-80H2,1-4H3,(H,93,94)(H,95,96)/b14-10-,25-21-,26-22-,36-33-,37-34-,42-40-,43-41-,51-48-,52-49-,63-59-/t81-,82+,83+/m0/s1. The van der Waals surface area contributed by atoms with Gasteiger partial charge in [-0.2, -0.15) is 0 Å². The number of phosphoric acid groups is 2. The summed E-state index contributed by atoms with van der Waals surface area (Å²) in [7, 11) is -9.98. The Kier molecular flexibility index (Phi) is 75.2. The van der Waals surface area contributed by atoms with E-state index >= 15 is 0 Å². The Bertz CT molecular complexity index is 2480. The first kappa shape index (κ1) is 101. The van der Waals surface area contributed by atoms with Gasteiger partial charge in [-0.15, -0.1) is 0 Å². The fourth-order valence-electron chi connectivity index (χ4n) is 11.1. The van der Waals surface area contributed by atoms with Gasteiger partial charge in [0.25, 0.3) is 0 Å². The average Bonchev–Trinajstić information content (AvgIpc) is 0.933. The van der Waals surface area contributed by atoms with E-state index in [0.29, 0.717) is 32.1 Å². The highest BCUT2D eigenvalue weighted by atomic mass is 31.2. The van der Waals surface area contributed by atoms with Gasteiger partial charge >= 0.3 is 39.5 Å². The molecule has 2 unspecified atom stereocenters. The van der Waals surface area contributed by atoms with E-state index in [0.717, 1.165) is 128 Å². The quantitative estimate of drug-likeness (QED) is 0.0169. The number of aliphatic hydroxyl groups excluding tert-OH is 1. The lowest BCUT2D eigenvalue weighted by Gasteiger charge is -2.21. The number of esters is 4. The summed E-state index contributed by atoms with van der Waals surface area (Å²) in [5, 5.41) is 10.7. The highest BCUT2D eigenvalue weighted by Crippen LogP contribution is 2.45. The number of rotatable bonds is 78. The van der Waals surface area contributed by atoms with Crippen LogP contribution in [-0.4, -0.2) is 96.7 Å². The molecule has 0 aliphatic carbocycles. The van der Waals surface area contributed by atoms with E-state index in [1.165, 1.54) is 135 Å². The van der Waals surface area contributed by atoms with Gasteiger partial charge < -0.3 is 33.8 Å². The number of carbonyl (C=O) groups excluding carboxylic acids is 4. The Morgan fingerprint density at radius 1 is 0.274 bits per heavy atom. The lowest BCUT2D eigenvalue weighted by Crippen LogP contribution is -2.30. The third-order valence-electron chi connectivity index (χ3n) is 17.5. The minimum atomic E-state index is -4.99. The Labute approximate surface area is 644 Å². The first-order chi connectivity index (χ1) is 51.7. The van der Waals surface area contributed by atoms with Crippen LogP contribution in [0.2, 0.25) is 0 Å². The van der Waals surface area contributed by atoms with E-state index in [9.17, 15) is 43.2 Å². The van der Waals surface area contributed by atoms with Crippen LogP contribution in [0, 0.1) is 0 Å². The predicted molar refractivity (Wildman–Crippen MR) is 436 cm³/mol. The predicted octanol–water partition coefficient (Wildman–Crippen LogP) is 24.7. The summed E-state index contributed by atoms with van der Waals surface area (Å²) >= 11 is 0. The third-order valence-corrected chi connectivity index (χ3v) is 19.4. The minimum Gasteiger partial charge on any atom is -0.462 e. The Hall–Kier alpha value is -4.54. The van der Waals surface area contributed by atoms with Crippen LogP contribution in [0.5, 0.6) is 0 Å². The molecule has 0 spiro atoms. The molecule has 17 nitrogen and oxygen atoms in total. The number of hydrogen-bond donors (Lipinski definition) is 3. The topological polar surface area (TPSA) is 237 Å². The lowest BCUT2D eigenvalue weighted by atomic mass is 10.0. The monoisotopic (exact) mass is 1530 g/mol. The molecule has 610 valence electrons. The molecule has 0 aliphatic heterocycles. The van der Waals surface area contributed by atoms with Gasteiger partial charge in [-0.1, -0.05) is 335 Å². The molecular formula is C87H150O17P2. The van der Waals surface area contributed by atoms with Gasteiger partial charge in [0.1, 0.15) is 19.3 Å². The smallest absolute Gasteiger partial charge is 0.462 e. The summed E-state index contributed by atoms with van der Waals surface area (Å²) in [5.41, 5.74) is 0. The molecule has 0 saturated heterocycles. The molecule has 0 fully saturated rings. The first-order valence-electron chi connectivity index (χ1n) is 41.8. The van der Waals surface area contributed by atoms with Crippen LogP contribution in [0.1, 0.15) is 349 Å². The van der Waals surface area contributed by atoms with Gasteiger partial charge in [-0.25, -0.2) is 9.13 Å². The summed E-state index contributed by atoms with van der Waals surface area (Å²) in [6.07, 6.45) is 87.5. The van der Waals surface area contributed by atoms with Crippen LogP contribution in [0.3, 0.4) is 0 Å². The molecule has 5 atom stereocenters. The Morgan fingerprint density at radius 3 is 0.830 bits per heavy atom. The number of hydrogen-bond acceptors (Lipinski definition) is 15. The second-order valence-electron chi connectivity index (χ2n) is 27.7. The van der Waals surface area contributed by atoms with Gasteiger partial charge in [-0.05, 0) is 109 Å². The van der Waals surface area contributed by atoms with Gasteiger partial charge in [0.05, 0.1) is 26.4 Å². The van der Waals surface area contributed by atoms with E-state index in [1.54, 1.807) is 0 Å². The van der Waals surface area contributed by atoms with Crippen molar-refractivity contribution in [2.75, 3.05) is 39.6 Å². The van der Waals surface area contributed by atoms with Crippen molar-refractivity contribution in [1.82, 2.24) is 0 Å². The number of carbonyl (C=O) groups is 4. The van der Waals surface area contributed by atoms with E-state index in [4.69, 9.17) is 37.0 Å². The molecule has 0 aromatic heterocycles. The van der Waals surface area contributed by atoms with Gasteiger partial charge in [0.15, 0.2) is 12.2 Å². The van der Waals surface area contributed by atoms with Crippen molar-refractivity contribution in [3.63, 3.8) is 0 Å². The fourth-order valence-corrected chi connectivity index (χ4v) is 12.7. The van der Waals surface area contributed by atoms with E-state index in [-0.39, 0.29) is 25.7 Å². The third kappa shape index (κ3) is 77.6. The lowest BCUT2D eigenvalue weighted by molar-refractivity contribution is -0.161. The van der Waals surface area contributed by atoms with Crippen LogP contribution in [0.15, 0.2) is 122 Å². The first-order valence-corrected chi connectivity index (χ1v) is 44.8. The Balaban J connectivity index is 5.42. The molecule has 106 heavy (non-hydrogen) atoms. The van der Waals surface area contributed by atoms with Crippen molar-refractivity contribution in [3.8, 4) is 0 Å². The molecule has 0 aromatic rings. The summed E-state index contributed by atoms with van der Waals surface area (Å²) in [5.74, 6) is -2.29. The number of aliphatic hydroxyl groups is 1. The number of unbranched alkanes of at least 4 members (excludes halogenated alkanes) is 32. The van der Waals surface area contributed by atoms with Crippen LogP contribution in [0.4, 0.5) is 0 Å². The van der Waals surface area contributed by atoms with E-state index in [1.807, 2.05) is 12.2 Å². The van der Waals surface area contributed by atoms with Crippen molar-refractivity contribution in [3.05, 3.63) is 122 Å². The van der Waals surface area contributed by atoms with Gasteiger partial charge in [0, 0.05) is 25.7 Å². The molecule has 0 heterocycles. The highest BCUT2D eigenvalue weighted by molar-refractivity contribution is 7.47.